The van der Waals surface area contributed by atoms with E-state index < -0.39 is 0 Å². The zero-order valence-corrected chi connectivity index (χ0v) is 12.0. The maximum Gasteiger partial charge on any atom is 0.337 e. The Bertz CT molecular complexity index is 630. The molecule has 0 saturated carbocycles. The first-order valence-electron chi connectivity index (χ1n) is 7.08. The van der Waals surface area contributed by atoms with E-state index in [-0.39, 0.29) is 5.97 Å². The van der Waals surface area contributed by atoms with Gasteiger partial charge in [-0.2, -0.15) is 5.10 Å². The van der Waals surface area contributed by atoms with Crippen LogP contribution in [0.4, 0.5) is 0 Å². The molecule has 0 radical (unpaired) electrons. The van der Waals surface area contributed by atoms with Crippen molar-refractivity contribution in [2.24, 2.45) is 0 Å². The van der Waals surface area contributed by atoms with E-state index >= 15 is 0 Å². The Kier molecular flexibility index (Phi) is 4.01. The van der Waals surface area contributed by atoms with E-state index in [1.165, 1.54) is 7.11 Å². The van der Waals surface area contributed by atoms with Crippen molar-refractivity contribution < 1.29 is 14.3 Å². The molecule has 5 nitrogen and oxygen atoms in total. The lowest BCUT2D eigenvalue weighted by molar-refractivity contribution is 0.0600. The third-order valence-electron chi connectivity index (χ3n) is 3.78. The second-order valence-corrected chi connectivity index (χ2v) is 5.12. The van der Waals surface area contributed by atoms with Gasteiger partial charge < -0.3 is 9.47 Å². The highest BCUT2D eigenvalue weighted by Crippen LogP contribution is 2.25. The number of nitrogens with zero attached hydrogens (tertiary/aromatic N) is 2. The molecule has 1 aromatic heterocycles. The topological polar surface area (TPSA) is 53.3 Å². The van der Waals surface area contributed by atoms with Gasteiger partial charge in [0.15, 0.2) is 0 Å². The number of carbonyl (C=O) groups excluding carboxylic acids is 1. The van der Waals surface area contributed by atoms with Gasteiger partial charge in [-0.1, -0.05) is 12.1 Å². The summed E-state index contributed by atoms with van der Waals surface area (Å²) in [6, 6.07) is 7.80. The number of methoxy groups -OCH3 is 1. The van der Waals surface area contributed by atoms with Crippen LogP contribution in [0.5, 0.6) is 0 Å². The number of benzene rings is 1. The van der Waals surface area contributed by atoms with Crippen molar-refractivity contribution in [3.8, 4) is 11.1 Å². The van der Waals surface area contributed by atoms with Crippen molar-refractivity contribution in [3.05, 3.63) is 42.2 Å². The van der Waals surface area contributed by atoms with Crippen molar-refractivity contribution in [3.63, 3.8) is 0 Å². The molecular formula is C16H18N2O3. The molecule has 0 atom stereocenters. The smallest absolute Gasteiger partial charge is 0.337 e. The summed E-state index contributed by atoms with van der Waals surface area (Å²) in [4.78, 5) is 11.6. The molecular weight excluding hydrogens is 268 g/mol. The lowest BCUT2D eigenvalue weighted by atomic mass is 10.1. The fourth-order valence-electron chi connectivity index (χ4n) is 2.58. The Balaban J connectivity index is 1.84. The predicted molar refractivity (Wildman–Crippen MR) is 78.1 cm³/mol. The quantitative estimate of drug-likeness (QED) is 0.814. The molecule has 2 aromatic rings. The summed E-state index contributed by atoms with van der Waals surface area (Å²) in [6.07, 6.45) is 5.85. The summed E-state index contributed by atoms with van der Waals surface area (Å²) in [5.74, 6) is -0.325. The standard InChI is InChI=1S/C16H18N2O3/c1-20-16(19)13-4-2-3-12(9-13)14-10-17-18(11-14)15-5-7-21-8-6-15/h2-4,9-11,15H,5-8H2,1H3. The summed E-state index contributed by atoms with van der Waals surface area (Å²) in [5, 5.41) is 4.46. The predicted octanol–water partition coefficient (Wildman–Crippen LogP) is 2.69. The van der Waals surface area contributed by atoms with Gasteiger partial charge >= 0.3 is 5.97 Å². The van der Waals surface area contributed by atoms with E-state index in [1.54, 1.807) is 6.07 Å². The van der Waals surface area contributed by atoms with Gasteiger partial charge in [-0.3, -0.25) is 4.68 Å². The fourth-order valence-corrected chi connectivity index (χ4v) is 2.58. The van der Waals surface area contributed by atoms with Gasteiger partial charge in [0.1, 0.15) is 0 Å². The first-order chi connectivity index (χ1) is 10.3. The Hall–Kier alpha value is -2.14. The molecule has 1 aromatic carbocycles. The first kappa shape index (κ1) is 13.8. The van der Waals surface area contributed by atoms with Crippen LogP contribution in [0.25, 0.3) is 11.1 Å². The maximum absolute atomic E-state index is 11.6. The Morgan fingerprint density at radius 2 is 2.14 bits per heavy atom. The molecule has 0 spiro atoms. The van der Waals surface area contributed by atoms with E-state index in [0.29, 0.717) is 11.6 Å². The highest BCUT2D eigenvalue weighted by atomic mass is 16.5. The Morgan fingerprint density at radius 3 is 2.90 bits per heavy atom. The highest BCUT2D eigenvalue weighted by Gasteiger charge is 2.17. The van der Waals surface area contributed by atoms with Crippen molar-refractivity contribution >= 4 is 5.97 Å². The first-order valence-corrected chi connectivity index (χ1v) is 7.08. The van der Waals surface area contributed by atoms with Gasteiger partial charge in [0, 0.05) is 25.0 Å². The van der Waals surface area contributed by atoms with Crippen molar-refractivity contribution in [2.45, 2.75) is 18.9 Å². The van der Waals surface area contributed by atoms with Crippen LogP contribution in [0.15, 0.2) is 36.7 Å². The number of ether oxygens (including phenoxy) is 2. The summed E-state index contributed by atoms with van der Waals surface area (Å²) in [5.41, 5.74) is 2.53. The number of esters is 1. The molecule has 0 amide bonds. The molecule has 21 heavy (non-hydrogen) atoms. The van der Waals surface area contributed by atoms with Gasteiger partial charge in [-0.15, -0.1) is 0 Å². The van der Waals surface area contributed by atoms with Gasteiger partial charge in [0.2, 0.25) is 0 Å². The maximum atomic E-state index is 11.6. The van der Waals surface area contributed by atoms with E-state index in [2.05, 4.69) is 5.10 Å². The molecule has 1 aliphatic rings. The van der Waals surface area contributed by atoms with Gasteiger partial charge in [-0.25, -0.2) is 4.79 Å². The summed E-state index contributed by atoms with van der Waals surface area (Å²) in [7, 11) is 1.39. The molecule has 3 rings (SSSR count). The van der Waals surface area contributed by atoms with E-state index in [0.717, 1.165) is 37.2 Å². The molecule has 0 N–H and O–H groups in total. The van der Waals surface area contributed by atoms with Crippen LogP contribution in [-0.4, -0.2) is 36.1 Å². The second-order valence-electron chi connectivity index (χ2n) is 5.12. The van der Waals surface area contributed by atoms with Gasteiger partial charge in [0.25, 0.3) is 0 Å². The molecule has 1 saturated heterocycles. The normalized spacial score (nSPS) is 15.9. The van der Waals surface area contributed by atoms with Crippen molar-refractivity contribution in [2.75, 3.05) is 20.3 Å². The van der Waals surface area contributed by atoms with Crippen LogP contribution >= 0.6 is 0 Å². The van der Waals surface area contributed by atoms with E-state index in [4.69, 9.17) is 9.47 Å². The zero-order valence-electron chi connectivity index (χ0n) is 12.0. The van der Waals surface area contributed by atoms with Crippen LogP contribution in [0.3, 0.4) is 0 Å². The van der Waals surface area contributed by atoms with E-state index in [1.807, 2.05) is 35.3 Å². The lowest BCUT2D eigenvalue weighted by Gasteiger charge is -2.22. The molecule has 110 valence electrons. The molecule has 0 aliphatic carbocycles. The molecule has 0 unspecified atom stereocenters. The number of rotatable bonds is 3. The lowest BCUT2D eigenvalue weighted by Crippen LogP contribution is -2.19. The molecule has 5 heteroatoms. The minimum absolute atomic E-state index is 0.325. The third-order valence-corrected chi connectivity index (χ3v) is 3.78. The average molecular weight is 286 g/mol. The molecule has 0 bridgehead atoms. The summed E-state index contributed by atoms with van der Waals surface area (Å²) < 4.78 is 12.1. The van der Waals surface area contributed by atoms with E-state index in [9.17, 15) is 4.79 Å². The van der Waals surface area contributed by atoms with Crippen LogP contribution < -0.4 is 0 Å². The number of aromatic nitrogens is 2. The molecule has 1 aliphatic heterocycles. The molecule has 2 heterocycles. The fraction of sp³-hybridized carbons (Fsp3) is 0.375. The summed E-state index contributed by atoms with van der Waals surface area (Å²) in [6.45, 7) is 1.58. The minimum Gasteiger partial charge on any atom is -0.465 e. The second kappa shape index (κ2) is 6.10. The van der Waals surface area contributed by atoms with Crippen molar-refractivity contribution in [1.82, 2.24) is 9.78 Å². The Morgan fingerprint density at radius 1 is 1.33 bits per heavy atom. The highest BCUT2D eigenvalue weighted by molar-refractivity contribution is 5.90. The van der Waals surface area contributed by atoms with Crippen LogP contribution in [0.2, 0.25) is 0 Å². The Labute approximate surface area is 123 Å². The minimum atomic E-state index is -0.325. The summed E-state index contributed by atoms with van der Waals surface area (Å²) >= 11 is 0. The largest absolute Gasteiger partial charge is 0.465 e. The van der Waals surface area contributed by atoms with Crippen LogP contribution in [0.1, 0.15) is 29.2 Å². The SMILES string of the molecule is COC(=O)c1cccc(-c2cnn(C3CCOCC3)c2)c1. The average Bonchev–Trinajstić information content (AvgIpc) is 3.05. The number of hydrogen-bond donors (Lipinski definition) is 0. The number of hydrogen-bond acceptors (Lipinski definition) is 4. The zero-order chi connectivity index (χ0) is 14.7. The molecule has 1 fully saturated rings. The van der Waals surface area contributed by atoms with Crippen molar-refractivity contribution in [1.29, 1.82) is 0 Å². The van der Waals surface area contributed by atoms with Gasteiger partial charge in [-0.05, 0) is 30.5 Å². The third kappa shape index (κ3) is 2.97. The monoisotopic (exact) mass is 286 g/mol. The van der Waals surface area contributed by atoms with Gasteiger partial charge in [0.05, 0.1) is 24.9 Å². The number of carbonyl (C=O) groups is 1. The van der Waals surface area contributed by atoms with Crippen LogP contribution in [-0.2, 0) is 9.47 Å². The van der Waals surface area contributed by atoms with Crippen LogP contribution in [0, 0.1) is 0 Å².